The summed E-state index contributed by atoms with van der Waals surface area (Å²) < 4.78 is 87.1. The molecule has 1 aromatic carbocycles. The Hall–Kier alpha value is -3.78. The number of amides is 1. The van der Waals surface area contributed by atoms with E-state index in [0.717, 1.165) is 58.0 Å². The Morgan fingerprint density at radius 3 is 2.17 bits per heavy atom. The van der Waals surface area contributed by atoms with E-state index in [2.05, 4.69) is 9.80 Å². The molecule has 1 amide bonds. The van der Waals surface area contributed by atoms with E-state index in [1.807, 2.05) is 6.92 Å². The van der Waals surface area contributed by atoms with Gasteiger partial charge in [0.15, 0.2) is 5.82 Å². The predicted octanol–water partition coefficient (Wildman–Crippen LogP) is 7.69. The van der Waals surface area contributed by atoms with Crippen LogP contribution in [0.15, 0.2) is 24.4 Å². The van der Waals surface area contributed by atoms with E-state index in [-0.39, 0.29) is 24.9 Å². The molecule has 9 nitrogen and oxygen atoms in total. The van der Waals surface area contributed by atoms with Crippen LogP contribution in [0.5, 0.6) is 0 Å². The van der Waals surface area contributed by atoms with Gasteiger partial charge in [0.25, 0.3) is 0 Å². The highest BCUT2D eigenvalue weighted by Gasteiger charge is 2.44. The lowest BCUT2D eigenvalue weighted by molar-refractivity contribution is -0.143. The first-order valence-corrected chi connectivity index (χ1v) is 16.5. The number of hydrogen-bond donors (Lipinski definition) is 1. The largest absolute Gasteiger partial charge is 0.481 e. The Kier molecular flexibility index (Phi) is 10.6. The number of aromatic nitrogens is 2. The Morgan fingerprint density at radius 2 is 1.60 bits per heavy atom. The standard InChI is InChI=1S/C33H41F6N5O4/c1-3-10-43(18-22-8-6-21(7-9-22)13-28(45)46)30-26(41-27(17-40-30)42-11-4-5-12-42)19-44-20(2)29(48-31(44)47)23-14-24(32(34,35)36)16-25(15-23)33(37,38)39/h14-17,20-22,29H,3-13,18-19H2,1-2H3,(H,45,46)/t20-,21?,22?,29-/m0/s1. The number of alkyl halides is 6. The van der Waals surface area contributed by atoms with Gasteiger partial charge in [-0.25, -0.2) is 14.8 Å². The van der Waals surface area contributed by atoms with Gasteiger partial charge in [-0.15, -0.1) is 0 Å². The maximum atomic E-state index is 13.6. The molecule has 0 radical (unpaired) electrons. The predicted molar refractivity (Wildman–Crippen MR) is 164 cm³/mol. The Morgan fingerprint density at radius 1 is 1.00 bits per heavy atom. The molecule has 2 aliphatic heterocycles. The van der Waals surface area contributed by atoms with Gasteiger partial charge < -0.3 is 19.6 Å². The number of halogens is 6. The first-order valence-electron chi connectivity index (χ1n) is 16.5. The van der Waals surface area contributed by atoms with Gasteiger partial charge >= 0.3 is 24.4 Å². The minimum absolute atomic E-state index is 0.0510. The van der Waals surface area contributed by atoms with Crippen LogP contribution < -0.4 is 9.80 Å². The summed E-state index contributed by atoms with van der Waals surface area (Å²) in [6.45, 7) is 6.28. The molecule has 15 heteroatoms. The van der Waals surface area contributed by atoms with Crippen LogP contribution in [0.3, 0.4) is 0 Å². The zero-order valence-corrected chi connectivity index (χ0v) is 27.0. The molecule has 3 heterocycles. The lowest BCUT2D eigenvalue weighted by Crippen LogP contribution is -2.36. The van der Waals surface area contributed by atoms with Gasteiger partial charge in [-0.2, -0.15) is 26.3 Å². The Balaban J connectivity index is 1.43. The topological polar surface area (TPSA) is 99.1 Å². The van der Waals surface area contributed by atoms with E-state index in [0.29, 0.717) is 48.5 Å². The van der Waals surface area contributed by atoms with Gasteiger partial charge in [0.2, 0.25) is 0 Å². The highest BCUT2D eigenvalue weighted by Crippen LogP contribution is 2.41. The van der Waals surface area contributed by atoms with Gasteiger partial charge in [-0.3, -0.25) is 9.69 Å². The maximum absolute atomic E-state index is 13.6. The third kappa shape index (κ3) is 8.25. The molecule has 2 aromatic rings. The van der Waals surface area contributed by atoms with Crippen LogP contribution in [-0.4, -0.2) is 64.3 Å². The molecular weight excluding hydrogens is 644 g/mol. The molecule has 0 unspecified atom stereocenters. The van der Waals surface area contributed by atoms with Crippen molar-refractivity contribution in [2.75, 3.05) is 36.0 Å². The van der Waals surface area contributed by atoms with Crippen LogP contribution in [0.2, 0.25) is 0 Å². The van der Waals surface area contributed by atoms with Crippen molar-refractivity contribution in [2.24, 2.45) is 11.8 Å². The van der Waals surface area contributed by atoms with Crippen LogP contribution in [0, 0.1) is 11.8 Å². The van der Waals surface area contributed by atoms with E-state index < -0.39 is 53.3 Å². The summed E-state index contributed by atoms with van der Waals surface area (Å²) in [5.74, 6) is 0.817. The highest BCUT2D eigenvalue weighted by molar-refractivity contribution is 5.71. The molecule has 0 bridgehead atoms. The Bertz CT molecular complexity index is 1420. The number of hydrogen-bond acceptors (Lipinski definition) is 7. The van der Waals surface area contributed by atoms with Crippen molar-refractivity contribution in [1.82, 2.24) is 14.9 Å². The van der Waals surface area contributed by atoms with E-state index in [9.17, 15) is 41.0 Å². The normalized spacial score (nSPS) is 23.5. The SMILES string of the molecule is CCCN(CC1CCC(CC(=O)O)CC1)c1ncc(N2CCCC2)nc1CN1C(=O)O[C@H](c2cc(C(F)(F)F)cc(C(F)(F)F)c2)[C@@H]1C. The van der Waals surface area contributed by atoms with Gasteiger partial charge in [0.1, 0.15) is 17.6 Å². The summed E-state index contributed by atoms with van der Waals surface area (Å²) in [6, 6.07) is 0.326. The average Bonchev–Trinajstić information content (AvgIpc) is 3.65. The number of carbonyl (C=O) groups excluding carboxylic acids is 1. The lowest BCUT2D eigenvalue weighted by atomic mass is 9.80. The Labute approximate surface area is 275 Å². The molecule has 3 fully saturated rings. The van der Waals surface area contributed by atoms with Crippen LogP contribution in [0.4, 0.5) is 42.8 Å². The number of carboxylic acid groups (broad SMARTS) is 1. The average molecular weight is 686 g/mol. The highest BCUT2D eigenvalue weighted by atomic mass is 19.4. The second-order valence-corrected chi connectivity index (χ2v) is 13.1. The number of carbonyl (C=O) groups is 2. The smallest absolute Gasteiger partial charge is 0.416 e. The van der Waals surface area contributed by atoms with Gasteiger partial charge in [0, 0.05) is 32.6 Å². The summed E-state index contributed by atoms with van der Waals surface area (Å²) in [7, 11) is 0. The molecule has 2 atom stereocenters. The van der Waals surface area contributed by atoms with E-state index >= 15 is 0 Å². The molecular formula is C33H41F6N5O4. The molecule has 264 valence electrons. The fraction of sp³-hybridized carbons (Fsp3) is 0.636. The summed E-state index contributed by atoms with van der Waals surface area (Å²) in [4.78, 5) is 39.7. The summed E-state index contributed by atoms with van der Waals surface area (Å²) in [5.41, 5.74) is -2.90. The summed E-state index contributed by atoms with van der Waals surface area (Å²) in [6.07, 6.45) is -4.38. The van der Waals surface area contributed by atoms with Crippen molar-refractivity contribution >= 4 is 23.7 Å². The number of ether oxygens (including phenoxy) is 1. The third-order valence-electron chi connectivity index (χ3n) is 9.59. The van der Waals surface area contributed by atoms with Crippen molar-refractivity contribution in [3.63, 3.8) is 0 Å². The molecule has 2 saturated heterocycles. The third-order valence-corrected chi connectivity index (χ3v) is 9.59. The van der Waals surface area contributed by atoms with Crippen LogP contribution in [0.1, 0.15) is 93.7 Å². The number of nitrogens with zero attached hydrogens (tertiary/aromatic N) is 5. The first kappa shape index (κ1) is 35.5. The summed E-state index contributed by atoms with van der Waals surface area (Å²) in [5, 5.41) is 9.20. The maximum Gasteiger partial charge on any atom is 0.416 e. The van der Waals surface area contributed by atoms with Crippen molar-refractivity contribution < 1.29 is 45.8 Å². The van der Waals surface area contributed by atoms with Crippen LogP contribution in [0.25, 0.3) is 0 Å². The van der Waals surface area contributed by atoms with Gasteiger partial charge in [0.05, 0.1) is 29.9 Å². The second kappa shape index (κ2) is 14.4. The van der Waals surface area contributed by atoms with Crippen molar-refractivity contribution in [3.05, 3.63) is 46.8 Å². The van der Waals surface area contributed by atoms with E-state index in [1.54, 1.807) is 6.20 Å². The number of anilines is 2. The molecule has 1 aliphatic carbocycles. The molecule has 1 aromatic heterocycles. The molecule has 1 saturated carbocycles. The first-order chi connectivity index (χ1) is 22.6. The number of cyclic esters (lactones) is 1. The fourth-order valence-corrected chi connectivity index (χ4v) is 7.07. The van der Waals surface area contributed by atoms with E-state index in [1.165, 1.54) is 11.8 Å². The monoisotopic (exact) mass is 685 g/mol. The molecule has 48 heavy (non-hydrogen) atoms. The number of aliphatic carboxylic acids is 1. The molecule has 3 aliphatic rings. The minimum Gasteiger partial charge on any atom is -0.481 e. The van der Waals surface area contributed by atoms with E-state index in [4.69, 9.17) is 14.7 Å². The minimum atomic E-state index is -5.04. The molecule has 5 rings (SSSR count). The molecule has 0 spiro atoms. The number of rotatable bonds is 11. The van der Waals surface area contributed by atoms with Crippen molar-refractivity contribution in [1.29, 1.82) is 0 Å². The van der Waals surface area contributed by atoms with Gasteiger partial charge in [-0.1, -0.05) is 6.92 Å². The van der Waals surface area contributed by atoms with Crippen LogP contribution >= 0.6 is 0 Å². The lowest BCUT2D eigenvalue weighted by Gasteiger charge is -2.34. The summed E-state index contributed by atoms with van der Waals surface area (Å²) >= 11 is 0. The van der Waals surface area contributed by atoms with Crippen molar-refractivity contribution in [2.45, 2.75) is 96.3 Å². The number of benzene rings is 1. The van der Waals surface area contributed by atoms with Gasteiger partial charge in [-0.05, 0) is 87.5 Å². The second-order valence-electron chi connectivity index (χ2n) is 13.1. The van der Waals surface area contributed by atoms with Crippen molar-refractivity contribution in [3.8, 4) is 0 Å². The quantitative estimate of drug-likeness (QED) is 0.241. The zero-order chi connectivity index (χ0) is 34.8. The van der Waals surface area contributed by atoms with Crippen LogP contribution in [-0.2, 0) is 28.4 Å². The fourth-order valence-electron chi connectivity index (χ4n) is 7.07. The molecule has 1 N–H and O–H groups in total. The number of carboxylic acids is 1. The zero-order valence-electron chi connectivity index (χ0n) is 27.0.